The lowest BCUT2D eigenvalue weighted by atomic mass is 9.68. The molecule has 0 bridgehead atoms. The van der Waals surface area contributed by atoms with Crippen molar-refractivity contribution in [3.05, 3.63) is 0 Å². The van der Waals surface area contributed by atoms with Crippen LogP contribution in [0.25, 0.3) is 0 Å². The second kappa shape index (κ2) is 20.1. The monoisotopic (exact) mass is 846 g/mol. The molecule has 11 heteroatoms. The van der Waals surface area contributed by atoms with Gasteiger partial charge in [0, 0.05) is 79.7 Å². The predicted molar refractivity (Wildman–Crippen MR) is 237 cm³/mol. The zero-order chi connectivity index (χ0) is 45.1. The minimum absolute atomic E-state index is 0.0608. The number of hydrogen-bond donors (Lipinski definition) is 3. The molecule has 9 unspecified atom stereocenters. The van der Waals surface area contributed by atoms with E-state index in [1.54, 1.807) is 0 Å². The number of esters is 4. The van der Waals surface area contributed by atoms with E-state index in [9.17, 15) is 19.2 Å². The second-order valence-corrected chi connectivity index (χ2v) is 23.7. The lowest BCUT2D eigenvalue weighted by molar-refractivity contribution is -0.183. The van der Waals surface area contributed by atoms with Gasteiger partial charge in [0.05, 0.1) is 5.92 Å². The number of carbonyl (C=O) groups excluding carboxylic acids is 4. The van der Waals surface area contributed by atoms with Gasteiger partial charge >= 0.3 is 23.9 Å². The summed E-state index contributed by atoms with van der Waals surface area (Å²) < 4.78 is 25.2. The molecule has 4 fully saturated rings. The van der Waals surface area contributed by atoms with Crippen molar-refractivity contribution in [3.8, 4) is 0 Å². The minimum atomic E-state index is -1.61. The summed E-state index contributed by atoms with van der Waals surface area (Å²) in [5.41, 5.74) is -0.919. The van der Waals surface area contributed by atoms with E-state index in [2.05, 4.69) is 127 Å². The number of rotatable bonds is 15. The molecular weight excluding hydrogens is 759 g/mol. The molecule has 3 aliphatic heterocycles. The molecule has 0 radical (unpaired) electrons. The van der Waals surface area contributed by atoms with Gasteiger partial charge in [-0.05, 0) is 102 Å². The molecule has 346 valence electrons. The third-order valence-electron chi connectivity index (χ3n) is 14.0. The van der Waals surface area contributed by atoms with Gasteiger partial charge in [0.2, 0.25) is 0 Å². The summed E-state index contributed by atoms with van der Waals surface area (Å²) >= 11 is 0. The maximum atomic E-state index is 14.8. The highest BCUT2D eigenvalue weighted by Gasteiger charge is 2.49. The first kappa shape index (κ1) is 50.4. The maximum absolute atomic E-state index is 14.8. The van der Waals surface area contributed by atoms with Gasteiger partial charge in [-0.3, -0.25) is 19.2 Å². The Hall–Kier alpha value is -2.24. The number of piperidine rings is 3. The molecule has 3 N–H and O–H groups in total. The van der Waals surface area contributed by atoms with Crippen molar-refractivity contribution in [2.75, 3.05) is 0 Å². The van der Waals surface area contributed by atoms with Crippen LogP contribution in [0.1, 0.15) is 181 Å². The van der Waals surface area contributed by atoms with Gasteiger partial charge in [0.25, 0.3) is 0 Å². The largest absolute Gasteiger partial charge is 0.462 e. The van der Waals surface area contributed by atoms with Crippen LogP contribution >= 0.6 is 0 Å². The fourth-order valence-electron chi connectivity index (χ4n) is 10.9. The Morgan fingerprint density at radius 2 is 0.850 bits per heavy atom. The zero-order valence-electron chi connectivity index (χ0n) is 40.6. The average molecular weight is 846 g/mol. The highest BCUT2D eigenvalue weighted by Crippen LogP contribution is 2.43. The number of nitrogens with one attached hydrogen (secondary N) is 3. The van der Waals surface area contributed by atoms with Gasteiger partial charge in [-0.1, -0.05) is 69.2 Å². The smallest absolute Gasteiger partial charge is 0.321 e. The normalized spacial score (nSPS) is 32.3. The molecule has 0 amide bonds. The van der Waals surface area contributed by atoms with Crippen LogP contribution in [0.15, 0.2) is 0 Å². The van der Waals surface area contributed by atoms with E-state index in [1.807, 2.05) is 0 Å². The maximum Gasteiger partial charge on any atom is 0.321 e. The number of hydrogen-bond acceptors (Lipinski definition) is 11. The van der Waals surface area contributed by atoms with Crippen LogP contribution in [0, 0.1) is 46.8 Å². The van der Waals surface area contributed by atoms with Crippen LogP contribution in [-0.2, 0) is 38.1 Å². The van der Waals surface area contributed by atoms with Gasteiger partial charge in [0.15, 0.2) is 5.92 Å². The third-order valence-corrected chi connectivity index (χ3v) is 14.0. The molecule has 9 atom stereocenters. The summed E-state index contributed by atoms with van der Waals surface area (Å²) in [6.45, 7) is 34.3. The lowest BCUT2D eigenvalue weighted by Crippen LogP contribution is -2.57. The van der Waals surface area contributed by atoms with Crippen LogP contribution in [0.2, 0.25) is 0 Å². The Morgan fingerprint density at radius 1 is 0.483 bits per heavy atom. The SMILES string of the molecule is CC(C)C1CC(OC(=O)C(CCC(=O)OC2CC(C(C)C)NC(C)(C)C2)C(C(=O)OC2CC(C(C)C)NC(C)(C)C2)C(=O)OC2CC(C(C)C)NC(C)(C)C2)CC(C)(C)C1. The molecule has 1 saturated carbocycles. The van der Waals surface area contributed by atoms with Gasteiger partial charge in [-0.2, -0.15) is 0 Å². The first-order chi connectivity index (χ1) is 27.5. The highest BCUT2D eigenvalue weighted by molar-refractivity contribution is 5.99. The van der Waals surface area contributed by atoms with Gasteiger partial charge in [0.1, 0.15) is 24.4 Å². The van der Waals surface area contributed by atoms with E-state index in [1.165, 1.54) is 0 Å². The predicted octanol–water partition coefficient (Wildman–Crippen LogP) is 8.69. The first-order valence-corrected chi connectivity index (χ1v) is 23.7. The van der Waals surface area contributed by atoms with E-state index in [0.29, 0.717) is 69.1 Å². The van der Waals surface area contributed by atoms with E-state index < -0.39 is 54.0 Å². The molecule has 0 spiro atoms. The van der Waals surface area contributed by atoms with Crippen LogP contribution in [0.3, 0.4) is 0 Å². The third kappa shape index (κ3) is 14.7. The van der Waals surface area contributed by atoms with E-state index in [4.69, 9.17) is 18.9 Å². The van der Waals surface area contributed by atoms with Gasteiger partial charge in [-0.25, -0.2) is 0 Å². The molecule has 3 heterocycles. The highest BCUT2D eigenvalue weighted by atomic mass is 16.6. The molecule has 60 heavy (non-hydrogen) atoms. The summed E-state index contributed by atoms with van der Waals surface area (Å²) in [6, 6.07) is 0.371. The summed E-state index contributed by atoms with van der Waals surface area (Å²) in [5.74, 6) is -3.96. The summed E-state index contributed by atoms with van der Waals surface area (Å²) in [7, 11) is 0. The average Bonchev–Trinajstić information content (AvgIpc) is 3.06. The Morgan fingerprint density at radius 3 is 1.23 bits per heavy atom. The topological polar surface area (TPSA) is 141 Å². The Balaban J connectivity index is 1.69. The fourth-order valence-corrected chi connectivity index (χ4v) is 10.9. The van der Waals surface area contributed by atoms with Crippen LogP contribution < -0.4 is 16.0 Å². The van der Waals surface area contributed by atoms with E-state index >= 15 is 0 Å². The first-order valence-electron chi connectivity index (χ1n) is 23.7. The number of carbonyl (C=O) groups is 4. The Labute approximate surface area is 364 Å². The van der Waals surface area contributed by atoms with Crippen molar-refractivity contribution in [3.63, 3.8) is 0 Å². The molecule has 3 saturated heterocycles. The second-order valence-electron chi connectivity index (χ2n) is 23.7. The van der Waals surface area contributed by atoms with E-state index in [0.717, 1.165) is 6.42 Å². The summed E-state index contributed by atoms with van der Waals surface area (Å²) in [4.78, 5) is 58.2. The van der Waals surface area contributed by atoms with E-state index in [-0.39, 0.29) is 70.9 Å². The van der Waals surface area contributed by atoms with Crippen LogP contribution in [0.5, 0.6) is 0 Å². The summed E-state index contributed by atoms with van der Waals surface area (Å²) in [5, 5.41) is 11.1. The van der Waals surface area contributed by atoms with Crippen molar-refractivity contribution in [2.45, 2.75) is 241 Å². The van der Waals surface area contributed by atoms with Crippen molar-refractivity contribution in [1.82, 2.24) is 16.0 Å². The molecule has 4 aliphatic rings. The number of ether oxygens (including phenoxy) is 4. The van der Waals surface area contributed by atoms with Crippen LogP contribution in [0.4, 0.5) is 0 Å². The molecule has 1 aliphatic carbocycles. The van der Waals surface area contributed by atoms with Crippen molar-refractivity contribution < 1.29 is 38.1 Å². The molecule has 0 aromatic heterocycles. The Bertz CT molecular complexity index is 1420. The Kier molecular flexibility index (Phi) is 16.9. The zero-order valence-corrected chi connectivity index (χ0v) is 40.6. The molecule has 0 aromatic carbocycles. The molecule has 4 rings (SSSR count). The molecule has 11 nitrogen and oxygen atoms in total. The lowest BCUT2D eigenvalue weighted by Gasteiger charge is -2.44. The van der Waals surface area contributed by atoms with Crippen molar-refractivity contribution in [1.29, 1.82) is 0 Å². The van der Waals surface area contributed by atoms with Crippen molar-refractivity contribution >= 4 is 23.9 Å². The fraction of sp³-hybridized carbons (Fsp3) is 0.918. The molecular formula is C49H87N3O8. The van der Waals surface area contributed by atoms with Crippen LogP contribution in [-0.4, -0.2) is 83.0 Å². The molecule has 0 aromatic rings. The minimum Gasteiger partial charge on any atom is -0.462 e. The quantitative estimate of drug-likeness (QED) is 0.0829. The van der Waals surface area contributed by atoms with Gasteiger partial charge < -0.3 is 34.9 Å². The summed E-state index contributed by atoms with van der Waals surface area (Å²) in [6.07, 6.45) is 4.02. The standard InChI is InChI=1S/C49H87N3O8/c1-28(2)32-19-33(24-46(9,10)23-32)58-43(54)37(17-18-41(53)57-34-20-38(29(3)4)50-47(11,12)25-34)42(44(55)59-35-21-39(30(5)6)51-48(13,14)26-35)45(56)60-36-22-40(31(7)8)52-49(15,16)27-36/h28-40,42,50-52H,17-27H2,1-16H3. The van der Waals surface area contributed by atoms with Gasteiger partial charge in [-0.15, -0.1) is 0 Å². The van der Waals surface area contributed by atoms with Crippen molar-refractivity contribution in [2.24, 2.45) is 46.8 Å².